The van der Waals surface area contributed by atoms with Gasteiger partial charge in [-0.1, -0.05) is 51.5 Å². The van der Waals surface area contributed by atoms with Crippen molar-refractivity contribution < 1.29 is 9.59 Å². The number of benzene rings is 2. The maximum Gasteiger partial charge on any atom is 0.248 e. The molecule has 6 heteroatoms. The van der Waals surface area contributed by atoms with Gasteiger partial charge in [-0.15, -0.1) is 12.4 Å². The molecule has 0 aliphatic rings. The number of anilines is 1. The van der Waals surface area contributed by atoms with Gasteiger partial charge in [0.05, 0.1) is 5.52 Å². The average Bonchev–Trinajstić information content (AvgIpc) is 2.95. The van der Waals surface area contributed by atoms with Gasteiger partial charge in [0.25, 0.3) is 0 Å². The number of rotatable bonds is 7. The predicted molar refractivity (Wildman–Crippen MR) is 121 cm³/mol. The van der Waals surface area contributed by atoms with Crippen LogP contribution in [0.4, 0.5) is 5.69 Å². The molecular weight excluding hydrogens is 386 g/mol. The van der Waals surface area contributed by atoms with Crippen molar-refractivity contribution in [1.82, 2.24) is 4.57 Å². The number of ketones is 1. The van der Waals surface area contributed by atoms with E-state index in [9.17, 15) is 9.59 Å². The summed E-state index contributed by atoms with van der Waals surface area (Å²) in [7, 11) is 0. The van der Waals surface area contributed by atoms with Crippen LogP contribution in [0, 0.1) is 5.92 Å². The molecule has 0 fully saturated rings. The van der Waals surface area contributed by atoms with Gasteiger partial charge < -0.3 is 16.0 Å². The van der Waals surface area contributed by atoms with Gasteiger partial charge in [-0.2, -0.15) is 0 Å². The highest BCUT2D eigenvalue weighted by Crippen LogP contribution is 2.32. The normalized spacial score (nSPS) is 10.9. The predicted octanol–water partition coefficient (Wildman–Crippen LogP) is 4.58. The van der Waals surface area contributed by atoms with E-state index in [1.165, 1.54) is 0 Å². The number of halogens is 1. The summed E-state index contributed by atoms with van der Waals surface area (Å²) in [5.74, 6) is -0.491. The van der Waals surface area contributed by atoms with Crippen molar-refractivity contribution in [1.29, 1.82) is 0 Å². The quantitative estimate of drug-likeness (QED) is 0.438. The topological polar surface area (TPSA) is 91.1 Å². The van der Waals surface area contributed by atoms with Crippen LogP contribution in [0.3, 0.4) is 0 Å². The number of fused-ring (bicyclic) bond motifs is 1. The average molecular weight is 414 g/mol. The number of nitrogen functional groups attached to an aromatic ring is 1. The van der Waals surface area contributed by atoms with Crippen molar-refractivity contribution in [3.63, 3.8) is 0 Å². The Balaban J connectivity index is 0.00000300. The van der Waals surface area contributed by atoms with Crippen molar-refractivity contribution in [3.05, 3.63) is 64.8 Å². The molecule has 1 aromatic heterocycles. The van der Waals surface area contributed by atoms with Crippen LogP contribution in [0.5, 0.6) is 0 Å². The first-order chi connectivity index (χ1) is 13.3. The number of Topliss-reactive ketones (excluding diaryl/α,β-unsaturated/α-hetero) is 1. The van der Waals surface area contributed by atoms with E-state index < -0.39 is 5.91 Å². The Morgan fingerprint density at radius 1 is 1.10 bits per heavy atom. The van der Waals surface area contributed by atoms with Crippen molar-refractivity contribution in [2.24, 2.45) is 11.7 Å². The number of nitrogens with two attached hydrogens (primary N) is 2. The van der Waals surface area contributed by atoms with E-state index in [1.54, 1.807) is 12.1 Å². The minimum Gasteiger partial charge on any atom is -0.398 e. The van der Waals surface area contributed by atoms with E-state index in [2.05, 4.69) is 11.5 Å². The lowest BCUT2D eigenvalue weighted by Gasteiger charge is -2.14. The number of nitrogens with zero attached hydrogens (tertiary/aromatic N) is 1. The minimum atomic E-state index is -0.484. The summed E-state index contributed by atoms with van der Waals surface area (Å²) in [5, 5.41) is 0.863. The number of hydrogen-bond acceptors (Lipinski definition) is 3. The number of carbonyl (C=O) groups excluding carboxylic acids is 2. The van der Waals surface area contributed by atoms with Crippen LogP contribution in [-0.4, -0.2) is 16.3 Å². The van der Waals surface area contributed by atoms with Gasteiger partial charge in [0.2, 0.25) is 5.91 Å². The number of primary amides is 1. The van der Waals surface area contributed by atoms with Gasteiger partial charge in [0, 0.05) is 40.4 Å². The van der Waals surface area contributed by atoms with Crippen LogP contribution in [-0.2, 0) is 13.0 Å². The van der Waals surface area contributed by atoms with E-state index in [-0.39, 0.29) is 24.1 Å². The van der Waals surface area contributed by atoms with Crippen LogP contribution in [0.2, 0.25) is 0 Å². The van der Waals surface area contributed by atoms with Crippen LogP contribution in [0.15, 0.2) is 42.5 Å². The Morgan fingerprint density at radius 2 is 1.79 bits per heavy atom. The molecule has 0 aliphatic carbocycles. The lowest BCUT2D eigenvalue weighted by molar-refractivity contribution is 0.0939. The Bertz CT molecular complexity index is 1050. The Kier molecular flexibility index (Phi) is 7.09. The molecule has 3 rings (SSSR count). The first kappa shape index (κ1) is 22.5. The Hall–Kier alpha value is -2.79. The molecule has 154 valence electrons. The summed E-state index contributed by atoms with van der Waals surface area (Å²) in [5.41, 5.74) is 16.4. The molecule has 3 aromatic rings. The van der Waals surface area contributed by atoms with Crippen molar-refractivity contribution >= 4 is 40.7 Å². The zero-order valence-corrected chi connectivity index (χ0v) is 17.9. The molecule has 2 aromatic carbocycles. The fourth-order valence-electron chi connectivity index (χ4n) is 3.64. The van der Waals surface area contributed by atoms with E-state index in [4.69, 9.17) is 11.5 Å². The minimum absolute atomic E-state index is 0. The lowest BCUT2D eigenvalue weighted by Crippen LogP contribution is -2.13. The molecule has 0 unspecified atom stereocenters. The third-order valence-electron chi connectivity index (χ3n) is 5.10. The fraction of sp³-hybridized carbons (Fsp3) is 0.304. The highest BCUT2D eigenvalue weighted by Gasteiger charge is 2.24. The van der Waals surface area contributed by atoms with Crippen LogP contribution < -0.4 is 11.5 Å². The largest absolute Gasteiger partial charge is 0.398 e. The highest BCUT2D eigenvalue weighted by atomic mass is 35.5. The second kappa shape index (κ2) is 9.14. The van der Waals surface area contributed by atoms with Gasteiger partial charge in [-0.05, 0) is 30.2 Å². The van der Waals surface area contributed by atoms with Crippen molar-refractivity contribution in [2.45, 2.75) is 40.2 Å². The number of para-hydroxylation sites is 1. The van der Waals surface area contributed by atoms with Crippen LogP contribution in [0.25, 0.3) is 10.9 Å². The molecule has 0 bridgehead atoms. The molecular formula is C23H28ClN3O2. The Labute approximate surface area is 177 Å². The van der Waals surface area contributed by atoms with Gasteiger partial charge in [-0.3, -0.25) is 9.59 Å². The monoisotopic (exact) mass is 413 g/mol. The van der Waals surface area contributed by atoms with Gasteiger partial charge in [0.15, 0.2) is 5.78 Å². The van der Waals surface area contributed by atoms with E-state index >= 15 is 0 Å². The first-order valence-corrected chi connectivity index (χ1v) is 9.67. The third kappa shape index (κ3) is 4.30. The molecule has 5 nitrogen and oxygen atoms in total. The molecule has 0 atom stereocenters. The molecule has 1 amide bonds. The van der Waals surface area contributed by atoms with Gasteiger partial charge in [0.1, 0.15) is 0 Å². The Morgan fingerprint density at radius 3 is 2.38 bits per heavy atom. The van der Waals surface area contributed by atoms with E-state index in [1.807, 2.05) is 44.2 Å². The number of carbonyl (C=O) groups is 2. The summed E-state index contributed by atoms with van der Waals surface area (Å²) in [6, 6.07) is 13.0. The standard InChI is InChI=1S/C23H27N3O2.ClH/c1-4-7-19-21(22(27)14(2)3)17-11-10-15(23(25)28)12-20(17)26(19)13-16-8-5-6-9-18(16)24;/h5-6,8-12,14H,4,7,13,24H2,1-3H3,(H2,25,28);1H. The molecule has 29 heavy (non-hydrogen) atoms. The number of hydrogen-bond donors (Lipinski definition) is 2. The molecule has 0 saturated carbocycles. The fourth-order valence-corrected chi connectivity index (χ4v) is 3.64. The molecule has 1 heterocycles. The van der Waals surface area contributed by atoms with E-state index in [0.29, 0.717) is 17.8 Å². The molecule has 0 spiro atoms. The van der Waals surface area contributed by atoms with Crippen LogP contribution in [0.1, 0.15) is 59.2 Å². The van der Waals surface area contributed by atoms with Crippen molar-refractivity contribution in [2.75, 3.05) is 5.73 Å². The zero-order chi connectivity index (χ0) is 20.4. The second-order valence-electron chi connectivity index (χ2n) is 7.47. The summed E-state index contributed by atoms with van der Waals surface area (Å²) < 4.78 is 2.12. The summed E-state index contributed by atoms with van der Waals surface area (Å²) in [6.45, 7) is 6.45. The third-order valence-corrected chi connectivity index (χ3v) is 5.10. The number of aromatic nitrogens is 1. The maximum absolute atomic E-state index is 13.1. The van der Waals surface area contributed by atoms with Gasteiger partial charge in [-0.25, -0.2) is 0 Å². The molecule has 4 N–H and O–H groups in total. The summed E-state index contributed by atoms with van der Waals surface area (Å²) in [6.07, 6.45) is 1.67. The van der Waals surface area contributed by atoms with Crippen LogP contribution >= 0.6 is 12.4 Å². The molecule has 0 saturated heterocycles. The zero-order valence-electron chi connectivity index (χ0n) is 17.1. The lowest BCUT2D eigenvalue weighted by atomic mass is 9.96. The van der Waals surface area contributed by atoms with Crippen molar-refractivity contribution in [3.8, 4) is 0 Å². The highest BCUT2D eigenvalue weighted by molar-refractivity contribution is 6.11. The summed E-state index contributed by atoms with van der Waals surface area (Å²) in [4.78, 5) is 24.8. The summed E-state index contributed by atoms with van der Waals surface area (Å²) >= 11 is 0. The van der Waals surface area contributed by atoms with E-state index in [0.717, 1.165) is 40.6 Å². The molecule has 0 aliphatic heterocycles. The smallest absolute Gasteiger partial charge is 0.248 e. The van der Waals surface area contributed by atoms with Gasteiger partial charge >= 0.3 is 0 Å². The first-order valence-electron chi connectivity index (χ1n) is 9.67. The SMILES string of the molecule is CCCc1c(C(=O)C(C)C)c2ccc(C(N)=O)cc2n1Cc1ccccc1N.Cl. The number of amides is 1. The molecule has 0 radical (unpaired) electrons. The maximum atomic E-state index is 13.1. The second-order valence-corrected chi connectivity index (χ2v) is 7.47.